The van der Waals surface area contributed by atoms with Crippen LogP contribution in [-0.4, -0.2) is 27.2 Å². The van der Waals surface area contributed by atoms with Gasteiger partial charge in [-0.3, -0.25) is 14.4 Å². The number of nitrogens with one attached hydrogen (secondary N) is 1. The summed E-state index contributed by atoms with van der Waals surface area (Å²) in [6, 6.07) is 0. The minimum absolute atomic E-state index is 0.0253. The highest BCUT2D eigenvalue weighted by molar-refractivity contribution is 7.14. The first-order valence-corrected chi connectivity index (χ1v) is 7.81. The van der Waals surface area contributed by atoms with Gasteiger partial charge >= 0.3 is 0 Å². The van der Waals surface area contributed by atoms with Crippen molar-refractivity contribution in [3.05, 3.63) is 28.5 Å². The summed E-state index contributed by atoms with van der Waals surface area (Å²) in [7, 11) is 1.94. The summed E-state index contributed by atoms with van der Waals surface area (Å²) in [4.78, 5) is 17.7. The Morgan fingerprint density at radius 2 is 2.24 bits per heavy atom. The number of aryl methyl sites for hydroxylation is 1. The fourth-order valence-corrected chi connectivity index (χ4v) is 2.97. The molecule has 0 bridgehead atoms. The van der Waals surface area contributed by atoms with Gasteiger partial charge in [0.05, 0.1) is 11.9 Å². The number of amides is 1. The van der Waals surface area contributed by atoms with Gasteiger partial charge in [0.1, 0.15) is 0 Å². The van der Waals surface area contributed by atoms with Gasteiger partial charge in [-0.2, -0.15) is 5.10 Å². The standard InChI is InChI=1S/C14H21N5OS/c1-5-19(11(3)20)14-17-13(9-21-14)8-15-6-12-7-16-18(4)10(12)2/h7,9,15H,5-6,8H2,1-4H3. The number of rotatable bonds is 6. The molecule has 2 aromatic rings. The van der Waals surface area contributed by atoms with Crippen LogP contribution >= 0.6 is 11.3 Å². The van der Waals surface area contributed by atoms with Crippen molar-refractivity contribution in [2.75, 3.05) is 11.4 Å². The molecule has 0 aliphatic carbocycles. The van der Waals surface area contributed by atoms with Crippen molar-refractivity contribution in [3.63, 3.8) is 0 Å². The number of hydrogen-bond acceptors (Lipinski definition) is 5. The lowest BCUT2D eigenvalue weighted by atomic mass is 10.2. The number of hydrogen-bond donors (Lipinski definition) is 1. The molecule has 0 saturated heterocycles. The van der Waals surface area contributed by atoms with E-state index in [-0.39, 0.29) is 5.91 Å². The van der Waals surface area contributed by atoms with Crippen molar-refractivity contribution in [2.45, 2.75) is 33.9 Å². The Balaban J connectivity index is 1.91. The highest BCUT2D eigenvalue weighted by Crippen LogP contribution is 2.20. The third-order valence-electron chi connectivity index (χ3n) is 3.43. The summed E-state index contributed by atoms with van der Waals surface area (Å²) in [5.41, 5.74) is 3.30. The van der Waals surface area contributed by atoms with E-state index in [1.807, 2.05) is 30.2 Å². The van der Waals surface area contributed by atoms with Crippen molar-refractivity contribution in [3.8, 4) is 0 Å². The van der Waals surface area contributed by atoms with Gasteiger partial charge in [0.15, 0.2) is 5.13 Å². The maximum absolute atomic E-state index is 11.5. The summed E-state index contributed by atoms with van der Waals surface area (Å²) < 4.78 is 1.87. The number of aromatic nitrogens is 3. The number of anilines is 1. The van der Waals surface area contributed by atoms with Gasteiger partial charge in [-0.1, -0.05) is 0 Å². The van der Waals surface area contributed by atoms with E-state index in [1.165, 1.54) is 16.9 Å². The molecule has 6 nitrogen and oxygen atoms in total. The van der Waals surface area contributed by atoms with E-state index in [1.54, 1.807) is 11.8 Å². The first kappa shape index (κ1) is 15.7. The van der Waals surface area contributed by atoms with E-state index in [0.717, 1.165) is 23.1 Å². The second-order valence-electron chi connectivity index (χ2n) is 4.87. The van der Waals surface area contributed by atoms with Crippen LogP contribution in [0.2, 0.25) is 0 Å². The third-order valence-corrected chi connectivity index (χ3v) is 4.34. The van der Waals surface area contributed by atoms with Crippen LogP contribution in [0.1, 0.15) is 30.8 Å². The van der Waals surface area contributed by atoms with Gasteiger partial charge in [-0.15, -0.1) is 11.3 Å². The maximum Gasteiger partial charge on any atom is 0.225 e. The lowest BCUT2D eigenvalue weighted by molar-refractivity contribution is -0.116. The maximum atomic E-state index is 11.5. The Morgan fingerprint density at radius 1 is 1.48 bits per heavy atom. The summed E-state index contributed by atoms with van der Waals surface area (Å²) in [5.74, 6) is 0.0253. The van der Waals surface area contributed by atoms with Gasteiger partial charge in [0.2, 0.25) is 5.91 Å². The molecule has 2 rings (SSSR count). The number of thiazole rings is 1. The Hall–Kier alpha value is -1.73. The molecule has 1 amide bonds. The van der Waals surface area contributed by atoms with Gasteiger partial charge in [-0.05, 0) is 13.8 Å². The summed E-state index contributed by atoms with van der Waals surface area (Å²) in [5, 5.41) is 10.3. The Morgan fingerprint density at radius 3 is 2.81 bits per heavy atom. The zero-order chi connectivity index (χ0) is 15.4. The van der Waals surface area contributed by atoms with Crippen LogP contribution < -0.4 is 10.2 Å². The largest absolute Gasteiger partial charge is 0.307 e. The fraction of sp³-hybridized carbons (Fsp3) is 0.500. The van der Waals surface area contributed by atoms with Crippen molar-refractivity contribution in [1.29, 1.82) is 0 Å². The molecular formula is C14H21N5OS. The van der Waals surface area contributed by atoms with Crippen LogP contribution in [0.5, 0.6) is 0 Å². The summed E-state index contributed by atoms with van der Waals surface area (Å²) in [6.45, 7) is 7.65. The van der Waals surface area contributed by atoms with Crippen molar-refractivity contribution >= 4 is 22.4 Å². The molecule has 0 saturated carbocycles. The van der Waals surface area contributed by atoms with Gasteiger partial charge < -0.3 is 5.32 Å². The first-order valence-electron chi connectivity index (χ1n) is 6.93. The predicted molar refractivity (Wildman–Crippen MR) is 84.3 cm³/mol. The van der Waals surface area contributed by atoms with E-state index in [9.17, 15) is 4.79 Å². The monoisotopic (exact) mass is 307 g/mol. The topological polar surface area (TPSA) is 63.1 Å². The zero-order valence-corrected chi connectivity index (χ0v) is 13.7. The van der Waals surface area contributed by atoms with E-state index >= 15 is 0 Å². The van der Waals surface area contributed by atoms with Crippen LogP contribution in [0, 0.1) is 6.92 Å². The first-order chi connectivity index (χ1) is 10.0. The number of nitrogens with zero attached hydrogens (tertiary/aromatic N) is 4. The Bertz CT molecular complexity index is 619. The molecule has 0 unspecified atom stereocenters. The van der Waals surface area contributed by atoms with Crippen LogP contribution in [-0.2, 0) is 24.9 Å². The van der Waals surface area contributed by atoms with Gasteiger partial charge in [0, 0.05) is 50.2 Å². The van der Waals surface area contributed by atoms with Gasteiger partial charge in [0.25, 0.3) is 0 Å². The van der Waals surface area contributed by atoms with Crippen molar-refractivity contribution < 1.29 is 4.79 Å². The molecule has 114 valence electrons. The molecule has 21 heavy (non-hydrogen) atoms. The molecular weight excluding hydrogens is 286 g/mol. The average molecular weight is 307 g/mol. The van der Waals surface area contributed by atoms with Crippen LogP contribution in [0.4, 0.5) is 5.13 Å². The molecule has 0 spiro atoms. The summed E-state index contributed by atoms with van der Waals surface area (Å²) in [6.07, 6.45) is 1.88. The van der Waals surface area contributed by atoms with Crippen LogP contribution in [0.15, 0.2) is 11.6 Å². The highest BCUT2D eigenvalue weighted by atomic mass is 32.1. The fourth-order valence-electron chi connectivity index (χ4n) is 2.04. The number of carbonyl (C=O) groups excluding carboxylic acids is 1. The molecule has 2 aromatic heterocycles. The lowest BCUT2D eigenvalue weighted by Crippen LogP contribution is -2.27. The normalized spacial score (nSPS) is 10.9. The average Bonchev–Trinajstić information content (AvgIpc) is 3.01. The molecule has 0 aromatic carbocycles. The van der Waals surface area contributed by atoms with Crippen molar-refractivity contribution in [1.82, 2.24) is 20.1 Å². The molecule has 0 aliphatic heterocycles. The summed E-state index contributed by atoms with van der Waals surface area (Å²) >= 11 is 1.50. The minimum atomic E-state index is 0.0253. The zero-order valence-electron chi connectivity index (χ0n) is 12.9. The molecule has 0 aliphatic rings. The predicted octanol–water partition coefficient (Wildman–Crippen LogP) is 1.85. The third kappa shape index (κ3) is 3.68. The molecule has 0 fully saturated rings. The second kappa shape index (κ2) is 6.82. The molecule has 7 heteroatoms. The second-order valence-corrected chi connectivity index (χ2v) is 5.70. The van der Waals surface area contributed by atoms with E-state index in [4.69, 9.17) is 0 Å². The molecule has 2 heterocycles. The highest BCUT2D eigenvalue weighted by Gasteiger charge is 2.13. The van der Waals surface area contributed by atoms with Crippen LogP contribution in [0.3, 0.4) is 0 Å². The van der Waals surface area contributed by atoms with Crippen molar-refractivity contribution in [2.24, 2.45) is 7.05 Å². The Labute approximate surface area is 128 Å². The smallest absolute Gasteiger partial charge is 0.225 e. The SMILES string of the molecule is CCN(C(C)=O)c1nc(CNCc2cnn(C)c2C)cs1. The molecule has 1 N–H and O–H groups in total. The molecule has 0 atom stereocenters. The number of carbonyl (C=O) groups is 1. The van der Waals surface area contributed by atoms with E-state index < -0.39 is 0 Å². The lowest BCUT2D eigenvalue weighted by Gasteiger charge is -2.14. The van der Waals surface area contributed by atoms with Crippen LogP contribution in [0.25, 0.3) is 0 Å². The quantitative estimate of drug-likeness (QED) is 0.884. The Kier molecular flexibility index (Phi) is 5.08. The molecule has 0 radical (unpaired) electrons. The van der Waals surface area contributed by atoms with Gasteiger partial charge in [-0.25, -0.2) is 4.98 Å². The van der Waals surface area contributed by atoms with E-state index in [0.29, 0.717) is 13.1 Å². The van der Waals surface area contributed by atoms with E-state index in [2.05, 4.69) is 22.3 Å². The minimum Gasteiger partial charge on any atom is -0.307 e.